The maximum Gasteiger partial charge on any atom is 0.341 e. The van der Waals surface area contributed by atoms with Gasteiger partial charge in [0.1, 0.15) is 11.4 Å². The van der Waals surface area contributed by atoms with Crippen molar-refractivity contribution >= 4 is 11.8 Å². The summed E-state index contributed by atoms with van der Waals surface area (Å²) in [6.45, 7) is 2.61. The highest BCUT2D eigenvalue weighted by atomic mass is 16.5. The van der Waals surface area contributed by atoms with Crippen molar-refractivity contribution in [3.05, 3.63) is 23.9 Å². The van der Waals surface area contributed by atoms with Gasteiger partial charge in [-0.1, -0.05) is 0 Å². The molecule has 0 fully saturated rings. The van der Waals surface area contributed by atoms with Crippen molar-refractivity contribution in [1.29, 1.82) is 0 Å². The minimum absolute atomic E-state index is 0.123. The molecule has 0 saturated carbocycles. The zero-order chi connectivity index (χ0) is 12.0. The van der Waals surface area contributed by atoms with Crippen LogP contribution in [0.25, 0.3) is 0 Å². The summed E-state index contributed by atoms with van der Waals surface area (Å²) in [5.74, 6) is 0.145. The molecule has 1 heterocycles. The fourth-order valence-corrected chi connectivity index (χ4v) is 1.24. The molecule has 16 heavy (non-hydrogen) atoms. The smallest absolute Gasteiger partial charge is 0.341 e. The maximum absolute atomic E-state index is 11.4. The van der Waals surface area contributed by atoms with Gasteiger partial charge in [0.25, 0.3) is 0 Å². The number of nitrogens with two attached hydrogens (primary N) is 1. The lowest BCUT2D eigenvalue weighted by molar-refractivity contribution is 0.0601. The van der Waals surface area contributed by atoms with Crippen molar-refractivity contribution in [3.63, 3.8) is 0 Å². The largest absolute Gasteiger partial charge is 0.465 e. The average molecular weight is 223 g/mol. The Labute approximate surface area is 95.0 Å². The average Bonchev–Trinajstić information content (AvgIpc) is 2.28. The second-order valence-electron chi connectivity index (χ2n) is 3.58. The van der Waals surface area contributed by atoms with Crippen LogP contribution in [-0.4, -0.2) is 30.6 Å². The molecule has 0 bridgehead atoms. The van der Waals surface area contributed by atoms with E-state index in [1.54, 1.807) is 18.3 Å². The molecule has 0 aliphatic rings. The zero-order valence-electron chi connectivity index (χ0n) is 9.56. The number of esters is 1. The van der Waals surface area contributed by atoms with E-state index in [9.17, 15) is 4.79 Å². The summed E-state index contributed by atoms with van der Waals surface area (Å²) >= 11 is 0. The monoisotopic (exact) mass is 223 g/mol. The fraction of sp³-hybridized carbons (Fsp3) is 0.455. The predicted molar refractivity (Wildman–Crippen MR) is 62.3 cm³/mol. The van der Waals surface area contributed by atoms with Gasteiger partial charge < -0.3 is 15.8 Å². The summed E-state index contributed by atoms with van der Waals surface area (Å²) in [6.07, 6.45) is 2.44. The van der Waals surface area contributed by atoms with Crippen LogP contribution >= 0.6 is 0 Å². The molecule has 0 aromatic carbocycles. The van der Waals surface area contributed by atoms with Crippen LogP contribution in [0.4, 0.5) is 5.82 Å². The number of rotatable bonds is 5. The molecule has 0 aliphatic heterocycles. The van der Waals surface area contributed by atoms with Crippen molar-refractivity contribution < 1.29 is 9.53 Å². The van der Waals surface area contributed by atoms with Gasteiger partial charge in [-0.15, -0.1) is 0 Å². The van der Waals surface area contributed by atoms with Crippen LogP contribution < -0.4 is 11.1 Å². The minimum Gasteiger partial charge on any atom is -0.465 e. The third-order valence-corrected chi connectivity index (χ3v) is 2.11. The number of ether oxygens (including phenoxy) is 1. The van der Waals surface area contributed by atoms with Gasteiger partial charge in [0.15, 0.2) is 0 Å². The molecule has 1 unspecified atom stereocenters. The molecule has 1 atom stereocenters. The third-order valence-electron chi connectivity index (χ3n) is 2.11. The van der Waals surface area contributed by atoms with E-state index in [0.29, 0.717) is 17.9 Å². The standard InChI is InChI=1S/C11H17N3O2/c1-8(12)5-7-14-10-9(11(15)16-2)4-3-6-13-10/h3-4,6,8H,5,7,12H2,1-2H3,(H,13,14). The summed E-state index contributed by atoms with van der Waals surface area (Å²) < 4.78 is 4.66. The van der Waals surface area contributed by atoms with Gasteiger partial charge in [0.2, 0.25) is 0 Å². The lowest BCUT2D eigenvalue weighted by atomic mass is 10.2. The van der Waals surface area contributed by atoms with Crippen LogP contribution in [0.1, 0.15) is 23.7 Å². The van der Waals surface area contributed by atoms with Gasteiger partial charge >= 0.3 is 5.97 Å². The molecule has 0 radical (unpaired) electrons. The van der Waals surface area contributed by atoms with Crippen LogP contribution in [0.2, 0.25) is 0 Å². The van der Waals surface area contributed by atoms with Crippen LogP contribution in [0.3, 0.4) is 0 Å². The van der Waals surface area contributed by atoms with Gasteiger partial charge in [-0.3, -0.25) is 0 Å². The van der Waals surface area contributed by atoms with Crippen LogP contribution in [0.5, 0.6) is 0 Å². The van der Waals surface area contributed by atoms with E-state index in [4.69, 9.17) is 5.73 Å². The first-order valence-corrected chi connectivity index (χ1v) is 5.18. The third kappa shape index (κ3) is 3.51. The van der Waals surface area contributed by atoms with Gasteiger partial charge in [0, 0.05) is 18.8 Å². The molecule has 0 saturated heterocycles. The Bertz CT molecular complexity index is 353. The first kappa shape index (κ1) is 12.4. The van der Waals surface area contributed by atoms with E-state index in [-0.39, 0.29) is 6.04 Å². The maximum atomic E-state index is 11.4. The number of aromatic nitrogens is 1. The van der Waals surface area contributed by atoms with E-state index in [1.165, 1.54) is 7.11 Å². The van der Waals surface area contributed by atoms with Gasteiger partial charge in [0.05, 0.1) is 7.11 Å². The number of nitrogens with one attached hydrogen (secondary N) is 1. The number of nitrogens with zero attached hydrogens (tertiary/aromatic N) is 1. The Kier molecular flexibility index (Phi) is 4.72. The van der Waals surface area contributed by atoms with E-state index >= 15 is 0 Å². The molecule has 0 amide bonds. The molecule has 0 spiro atoms. The Morgan fingerprint density at radius 1 is 1.69 bits per heavy atom. The van der Waals surface area contributed by atoms with Gasteiger partial charge in [-0.2, -0.15) is 0 Å². The number of anilines is 1. The summed E-state index contributed by atoms with van der Waals surface area (Å²) in [5, 5.41) is 3.07. The summed E-state index contributed by atoms with van der Waals surface area (Å²) in [6, 6.07) is 3.49. The number of carbonyl (C=O) groups is 1. The second-order valence-corrected chi connectivity index (χ2v) is 3.58. The molecule has 3 N–H and O–H groups in total. The first-order valence-electron chi connectivity index (χ1n) is 5.18. The zero-order valence-corrected chi connectivity index (χ0v) is 9.56. The molecule has 5 heteroatoms. The topological polar surface area (TPSA) is 77.2 Å². The van der Waals surface area contributed by atoms with Gasteiger partial charge in [-0.25, -0.2) is 9.78 Å². The molecule has 1 aromatic rings. The number of carbonyl (C=O) groups excluding carboxylic acids is 1. The highest BCUT2D eigenvalue weighted by Gasteiger charge is 2.11. The molecule has 5 nitrogen and oxygen atoms in total. The molecule has 1 aromatic heterocycles. The minimum atomic E-state index is -0.392. The molecular formula is C11H17N3O2. The fourth-order valence-electron chi connectivity index (χ4n) is 1.24. The van der Waals surface area contributed by atoms with E-state index in [0.717, 1.165) is 6.42 Å². The van der Waals surface area contributed by atoms with Crippen molar-refractivity contribution in [2.45, 2.75) is 19.4 Å². The number of hydrogen-bond donors (Lipinski definition) is 2. The molecule has 88 valence electrons. The number of methoxy groups -OCH3 is 1. The van der Waals surface area contributed by atoms with E-state index in [1.807, 2.05) is 6.92 Å². The van der Waals surface area contributed by atoms with Crippen LogP contribution in [-0.2, 0) is 4.74 Å². The van der Waals surface area contributed by atoms with Crippen molar-refractivity contribution in [2.75, 3.05) is 19.0 Å². The lowest BCUT2D eigenvalue weighted by Gasteiger charge is -2.10. The van der Waals surface area contributed by atoms with E-state index in [2.05, 4.69) is 15.0 Å². The Morgan fingerprint density at radius 2 is 2.44 bits per heavy atom. The van der Waals surface area contributed by atoms with Gasteiger partial charge in [-0.05, 0) is 25.5 Å². The van der Waals surface area contributed by atoms with Crippen molar-refractivity contribution in [1.82, 2.24) is 4.98 Å². The predicted octanol–water partition coefficient (Wildman–Crippen LogP) is 1.02. The summed E-state index contributed by atoms with van der Waals surface area (Å²) in [7, 11) is 1.35. The van der Waals surface area contributed by atoms with Crippen LogP contribution in [0.15, 0.2) is 18.3 Å². The molecular weight excluding hydrogens is 206 g/mol. The number of pyridine rings is 1. The summed E-state index contributed by atoms with van der Waals surface area (Å²) in [4.78, 5) is 15.5. The highest BCUT2D eigenvalue weighted by molar-refractivity contribution is 5.94. The quantitative estimate of drug-likeness (QED) is 0.729. The first-order chi connectivity index (χ1) is 7.65. The SMILES string of the molecule is COC(=O)c1cccnc1NCCC(C)N. The molecule has 1 rings (SSSR count). The Hall–Kier alpha value is -1.62. The van der Waals surface area contributed by atoms with Crippen molar-refractivity contribution in [2.24, 2.45) is 5.73 Å². The highest BCUT2D eigenvalue weighted by Crippen LogP contribution is 2.12. The lowest BCUT2D eigenvalue weighted by Crippen LogP contribution is -2.20. The Balaban J connectivity index is 2.67. The normalized spacial score (nSPS) is 11.9. The van der Waals surface area contributed by atoms with Crippen molar-refractivity contribution in [3.8, 4) is 0 Å². The second kappa shape index (κ2) is 6.07. The molecule has 0 aliphatic carbocycles. The summed E-state index contributed by atoms with van der Waals surface area (Å²) in [5.41, 5.74) is 6.07. The van der Waals surface area contributed by atoms with E-state index < -0.39 is 5.97 Å². The Morgan fingerprint density at radius 3 is 3.06 bits per heavy atom. The van der Waals surface area contributed by atoms with Crippen LogP contribution in [0, 0.1) is 0 Å². The number of hydrogen-bond acceptors (Lipinski definition) is 5.